The molecule has 0 aromatic heterocycles. The van der Waals surface area contributed by atoms with Crippen LogP contribution in [0.3, 0.4) is 0 Å². The SMILES string of the molecule is Fc1ccc(C(OC2CCNCC2)c2ccccc2)cc1. The molecule has 0 bridgehead atoms. The van der Waals surface area contributed by atoms with Gasteiger partial charge in [-0.05, 0) is 49.2 Å². The van der Waals surface area contributed by atoms with E-state index in [1.165, 1.54) is 12.1 Å². The third kappa shape index (κ3) is 3.69. The molecule has 3 rings (SSSR count). The summed E-state index contributed by atoms with van der Waals surface area (Å²) in [5.74, 6) is -0.215. The lowest BCUT2D eigenvalue weighted by molar-refractivity contribution is -0.00807. The van der Waals surface area contributed by atoms with Crippen molar-refractivity contribution in [2.75, 3.05) is 13.1 Å². The van der Waals surface area contributed by atoms with E-state index in [1.54, 1.807) is 0 Å². The maximum Gasteiger partial charge on any atom is 0.123 e. The summed E-state index contributed by atoms with van der Waals surface area (Å²) in [5, 5.41) is 3.35. The standard InChI is InChI=1S/C18H20FNO/c19-16-8-6-15(7-9-16)18(14-4-2-1-3-5-14)21-17-10-12-20-13-11-17/h1-9,17-18,20H,10-13H2. The minimum absolute atomic E-state index is 0.130. The molecule has 3 heteroatoms. The van der Waals surface area contributed by atoms with Crippen molar-refractivity contribution in [3.8, 4) is 0 Å². The van der Waals surface area contributed by atoms with Crippen molar-refractivity contribution in [1.82, 2.24) is 5.32 Å². The Bertz CT molecular complexity index is 549. The second kappa shape index (κ2) is 6.83. The van der Waals surface area contributed by atoms with E-state index in [4.69, 9.17) is 4.74 Å². The van der Waals surface area contributed by atoms with Crippen LogP contribution in [-0.2, 0) is 4.74 Å². The average Bonchev–Trinajstić information content (AvgIpc) is 2.55. The molecule has 0 saturated carbocycles. The molecular weight excluding hydrogens is 265 g/mol. The van der Waals surface area contributed by atoms with Crippen molar-refractivity contribution in [1.29, 1.82) is 0 Å². The van der Waals surface area contributed by atoms with E-state index in [1.807, 2.05) is 30.3 Å². The third-order valence-corrected chi connectivity index (χ3v) is 3.89. The quantitative estimate of drug-likeness (QED) is 0.925. The summed E-state index contributed by atoms with van der Waals surface area (Å²) in [6, 6.07) is 16.8. The molecule has 1 heterocycles. The Hall–Kier alpha value is -1.71. The maximum atomic E-state index is 13.2. The van der Waals surface area contributed by atoms with Gasteiger partial charge in [-0.2, -0.15) is 0 Å². The Morgan fingerprint density at radius 1 is 0.905 bits per heavy atom. The van der Waals surface area contributed by atoms with Crippen LogP contribution in [0.15, 0.2) is 54.6 Å². The first-order valence-electron chi connectivity index (χ1n) is 7.49. The van der Waals surface area contributed by atoms with E-state index >= 15 is 0 Å². The number of halogens is 1. The number of hydrogen-bond acceptors (Lipinski definition) is 2. The highest BCUT2D eigenvalue weighted by atomic mass is 19.1. The Labute approximate surface area is 125 Å². The summed E-state index contributed by atoms with van der Waals surface area (Å²) in [6.45, 7) is 1.99. The van der Waals surface area contributed by atoms with Gasteiger partial charge in [0.15, 0.2) is 0 Å². The van der Waals surface area contributed by atoms with E-state index in [2.05, 4.69) is 17.4 Å². The largest absolute Gasteiger partial charge is 0.365 e. The van der Waals surface area contributed by atoms with E-state index in [-0.39, 0.29) is 18.0 Å². The van der Waals surface area contributed by atoms with Gasteiger partial charge in [-0.25, -0.2) is 4.39 Å². The van der Waals surface area contributed by atoms with E-state index in [0.29, 0.717) is 0 Å². The fourth-order valence-electron chi connectivity index (χ4n) is 2.74. The molecule has 110 valence electrons. The summed E-state index contributed by atoms with van der Waals surface area (Å²) < 4.78 is 19.5. The summed E-state index contributed by atoms with van der Waals surface area (Å²) in [4.78, 5) is 0. The van der Waals surface area contributed by atoms with Gasteiger partial charge in [-0.15, -0.1) is 0 Å². The second-order valence-electron chi connectivity index (χ2n) is 5.43. The number of rotatable bonds is 4. The normalized spacial score (nSPS) is 17.6. The lowest BCUT2D eigenvalue weighted by Crippen LogP contribution is -2.33. The molecule has 0 aliphatic carbocycles. The first kappa shape index (κ1) is 14.2. The van der Waals surface area contributed by atoms with Gasteiger partial charge < -0.3 is 10.1 Å². The first-order valence-corrected chi connectivity index (χ1v) is 7.49. The molecule has 1 saturated heterocycles. The molecule has 1 atom stereocenters. The van der Waals surface area contributed by atoms with Crippen molar-refractivity contribution in [2.24, 2.45) is 0 Å². The van der Waals surface area contributed by atoms with Crippen LogP contribution >= 0.6 is 0 Å². The predicted molar refractivity (Wildman–Crippen MR) is 81.7 cm³/mol. The van der Waals surface area contributed by atoms with Crippen LogP contribution in [0, 0.1) is 5.82 Å². The molecule has 1 fully saturated rings. The van der Waals surface area contributed by atoms with Crippen LogP contribution in [0.1, 0.15) is 30.1 Å². The zero-order valence-electron chi connectivity index (χ0n) is 12.0. The molecule has 0 radical (unpaired) electrons. The molecule has 1 aliphatic rings. The number of nitrogens with one attached hydrogen (secondary N) is 1. The lowest BCUT2D eigenvalue weighted by atomic mass is 10.00. The molecular formula is C18H20FNO. The second-order valence-corrected chi connectivity index (χ2v) is 5.43. The molecule has 0 amide bonds. The van der Waals surface area contributed by atoms with Gasteiger partial charge in [0, 0.05) is 0 Å². The summed E-state index contributed by atoms with van der Waals surface area (Å²) in [7, 11) is 0. The zero-order chi connectivity index (χ0) is 14.5. The summed E-state index contributed by atoms with van der Waals surface area (Å²) in [5.41, 5.74) is 2.11. The molecule has 1 N–H and O–H groups in total. The van der Waals surface area contributed by atoms with Gasteiger partial charge in [0.2, 0.25) is 0 Å². The van der Waals surface area contributed by atoms with Crippen LogP contribution in [-0.4, -0.2) is 19.2 Å². The van der Waals surface area contributed by atoms with Crippen LogP contribution in [0.25, 0.3) is 0 Å². The van der Waals surface area contributed by atoms with Crippen LogP contribution < -0.4 is 5.32 Å². The molecule has 1 unspecified atom stereocenters. The predicted octanol–water partition coefficient (Wildman–Crippen LogP) is 3.68. The highest BCUT2D eigenvalue weighted by Crippen LogP contribution is 2.29. The smallest absolute Gasteiger partial charge is 0.123 e. The minimum atomic E-state index is -0.215. The van der Waals surface area contributed by atoms with Gasteiger partial charge in [-0.1, -0.05) is 42.5 Å². The average molecular weight is 285 g/mol. The van der Waals surface area contributed by atoms with E-state index in [9.17, 15) is 4.39 Å². The molecule has 2 aromatic rings. The highest BCUT2D eigenvalue weighted by Gasteiger charge is 2.21. The highest BCUT2D eigenvalue weighted by molar-refractivity contribution is 5.30. The van der Waals surface area contributed by atoms with Crippen LogP contribution in [0.2, 0.25) is 0 Å². The molecule has 0 spiro atoms. The fourth-order valence-corrected chi connectivity index (χ4v) is 2.74. The zero-order valence-corrected chi connectivity index (χ0v) is 12.0. The molecule has 2 aromatic carbocycles. The number of piperidine rings is 1. The van der Waals surface area contributed by atoms with Gasteiger partial charge >= 0.3 is 0 Å². The van der Waals surface area contributed by atoms with Gasteiger partial charge in [0.05, 0.1) is 6.10 Å². The summed E-state index contributed by atoms with van der Waals surface area (Å²) >= 11 is 0. The topological polar surface area (TPSA) is 21.3 Å². The van der Waals surface area contributed by atoms with Crippen molar-refractivity contribution in [3.05, 3.63) is 71.5 Å². The van der Waals surface area contributed by atoms with E-state index < -0.39 is 0 Å². The Kier molecular flexibility index (Phi) is 4.63. The van der Waals surface area contributed by atoms with E-state index in [0.717, 1.165) is 37.1 Å². The van der Waals surface area contributed by atoms with Crippen LogP contribution in [0.4, 0.5) is 4.39 Å². The van der Waals surface area contributed by atoms with Crippen molar-refractivity contribution in [2.45, 2.75) is 25.0 Å². The Morgan fingerprint density at radius 2 is 1.52 bits per heavy atom. The molecule has 1 aliphatic heterocycles. The lowest BCUT2D eigenvalue weighted by Gasteiger charge is -2.28. The fraction of sp³-hybridized carbons (Fsp3) is 0.333. The van der Waals surface area contributed by atoms with Crippen molar-refractivity contribution in [3.63, 3.8) is 0 Å². The third-order valence-electron chi connectivity index (χ3n) is 3.89. The van der Waals surface area contributed by atoms with Crippen molar-refractivity contribution >= 4 is 0 Å². The van der Waals surface area contributed by atoms with Gasteiger partial charge in [0.25, 0.3) is 0 Å². The minimum Gasteiger partial charge on any atom is -0.365 e. The summed E-state index contributed by atoms with van der Waals surface area (Å²) in [6.07, 6.45) is 2.16. The van der Waals surface area contributed by atoms with Gasteiger partial charge in [0.1, 0.15) is 11.9 Å². The monoisotopic (exact) mass is 285 g/mol. The molecule has 21 heavy (non-hydrogen) atoms. The number of benzene rings is 2. The number of ether oxygens (including phenoxy) is 1. The Morgan fingerprint density at radius 3 is 2.19 bits per heavy atom. The van der Waals surface area contributed by atoms with Gasteiger partial charge in [-0.3, -0.25) is 0 Å². The maximum absolute atomic E-state index is 13.2. The van der Waals surface area contributed by atoms with Crippen LogP contribution in [0.5, 0.6) is 0 Å². The van der Waals surface area contributed by atoms with Crippen molar-refractivity contribution < 1.29 is 9.13 Å². The first-order chi connectivity index (χ1) is 10.3. The Balaban J connectivity index is 1.85. The molecule has 2 nitrogen and oxygen atoms in total. The number of hydrogen-bond donors (Lipinski definition) is 1.